The fraction of sp³-hybridized carbons (Fsp3) is 0. The number of hydrogen-bond donors (Lipinski definition) is 0. The molecule has 3 rings (SSSR count). The molecule has 0 amide bonds. The maximum Gasteiger partial charge on any atom is 0.205 e. The largest absolute Gasteiger partial charge is 0.454 e. The van der Waals surface area contributed by atoms with E-state index < -0.39 is 0 Å². The van der Waals surface area contributed by atoms with Gasteiger partial charge in [-0.2, -0.15) is 5.26 Å². The van der Waals surface area contributed by atoms with Crippen molar-refractivity contribution in [1.29, 1.82) is 5.26 Å². The minimum absolute atomic E-state index is 0.498. The summed E-state index contributed by atoms with van der Waals surface area (Å²) in [7, 11) is 0. The summed E-state index contributed by atoms with van der Waals surface area (Å²) in [4.78, 5) is 7.51. The Morgan fingerprint density at radius 2 is 1.76 bits per heavy atom. The first-order valence-corrected chi connectivity index (χ1v) is 6.24. The molecule has 0 N–H and O–H groups in total. The van der Waals surface area contributed by atoms with E-state index >= 15 is 0 Å². The second-order valence-corrected chi connectivity index (χ2v) is 4.37. The molecule has 0 spiro atoms. The number of furan rings is 1. The van der Waals surface area contributed by atoms with Crippen LogP contribution in [0.3, 0.4) is 0 Å². The molecule has 0 atom stereocenters. The van der Waals surface area contributed by atoms with Gasteiger partial charge in [0.05, 0.1) is 18.2 Å². The molecule has 2 heterocycles. The quantitative estimate of drug-likeness (QED) is 0.648. The highest BCUT2D eigenvalue weighted by atomic mass is 16.3. The second kappa shape index (κ2) is 5.32. The van der Waals surface area contributed by atoms with E-state index in [-0.39, 0.29) is 0 Å². The molecule has 0 saturated heterocycles. The van der Waals surface area contributed by atoms with Crippen molar-refractivity contribution in [3.63, 3.8) is 0 Å². The molecular weight excluding hydrogens is 262 g/mol. The lowest BCUT2D eigenvalue weighted by Crippen LogP contribution is -1.79. The van der Waals surface area contributed by atoms with Gasteiger partial charge in [0.1, 0.15) is 11.5 Å². The van der Waals surface area contributed by atoms with Gasteiger partial charge in [0.25, 0.3) is 0 Å². The van der Waals surface area contributed by atoms with E-state index in [1.165, 1.54) is 6.20 Å². The summed E-state index contributed by atoms with van der Waals surface area (Å²) in [6.45, 7) is 6.91. The van der Waals surface area contributed by atoms with Crippen molar-refractivity contribution in [2.75, 3.05) is 0 Å². The van der Waals surface area contributed by atoms with Crippen LogP contribution in [0.25, 0.3) is 27.6 Å². The van der Waals surface area contributed by atoms with Crippen molar-refractivity contribution in [1.82, 2.24) is 4.98 Å². The smallest absolute Gasteiger partial charge is 0.205 e. The maximum atomic E-state index is 8.79. The third-order valence-electron chi connectivity index (χ3n) is 3.03. The highest BCUT2D eigenvalue weighted by Crippen LogP contribution is 2.28. The van der Waals surface area contributed by atoms with E-state index in [9.17, 15) is 0 Å². The molecule has 0 radical (unpaired) electrons. The van der Waals surface area contributed by atoms with Crippen LogP contribution in [0.4, 0.5) is 5.69 Å². The number of pyridine rings is 1. The van der Waals surface area contributed by atoms with E-state index in [4.69, 9.17) is 16.3 Å². The molecule has 0 bridgehead atoms. The van der Waals surface area contributed by atoms with Crippen molar-refractivity contribution in [3.05, 3.63) is 71.7 Å². The second-order valence-electron chi connectivity index (χ2n) is 4.37. The molecule has 0 aliphatic carbocycles. The zero-order chi connectivity index (χ0) is 14.7. The highest BCUT2D eigenvalue weighted by Gasteiger charge is 2.08. The van der Waals surface area contributed by atoms with Crippen LogP contribution >= 0.6 is 0 Å². The lowest BCUT2D eigenvalue weighted by molar-refractivity contribution is 0.595. The molecule has 0 aliphatic heterocycles. The van der Waals surface area contributed by atoms with E-state index in [0.717, 1.165) is 5.56 Å². The Balaban J connectivity index is 1.92. The predicted molar refractivity (Wildman–Crippen MR) is 78.4 cm³/mol. The Kier molecular flexibility index (Phi) is 3.21. The van der Waals surface area contributed by atoms with Crippen molar-refractivity contribution in [2.24, 2.45) is 0 Å². The number of benzene rings is 1. The Labute approximate surface area is 121 Å². The first-order chi connectivity index (χ1) is 10.3. The Hall–Kier alpha value is -3.37. The Morgan fingerprint density at radius 3 is 2.38 bits per heavy atom. The first-order valence-electron chi connectivity index (χ1n) is 6.24. The van der Waals surface area contributed by atoms with Crippen LogP contribution < -0.4 is 0 Å². The van der Waals surface area contributed by atoms with E-state index in [2.05, 4.69) is 15.9 Å². The molecular formula is C17H9N3O. The van der Waals surface area contributed by atoms with Crippen LogP contribution in [0.2, 0.25) is 0 Å². The van der Waals surface area contributed by atoms with Crippen LogP contribution in [0, 0.1) is 17.9 Å². The summed E-state index contributed by atoms with van der Waals surface area (Å²) in [6.07, 6.45) is 1.52. The van der Waals surface area contributed by atoms with Crippen molar-refractivity contribution in [2.45, 2.75) is 0 Å². The van der Waals surface area contributed by atoms with Crippen molar-refractivity contribution < 1.29 is 4.42 Å². The number of nitriles is 1. The normalized spacial score (nSPS) is 9.81. The van der Waals surface area contributed by atoms with Crippen molar-refractivity contribution >= 4 is 5.69 Å². The maximum absolute atomic E-state index is 8.79. The number of nitrogens with zero attached hydrogens (tertiary/aromatic N) is 3. The van der Waals surface area contributed by atoms with Gasteiger partial charge in [-0.15, -0.1) is 0 Å². The van der Waals surface area contributed by atoms with Crippen LogP contribution in [-0.4, -0.2) is 4.98 Å². The SMILES string of the molecule is [C-]#[N+]c1ccc(-c2ccc(-c3ccc(C#N)cc3)o2)nc1. The van der Waals surface area contributed by atoms with Gasteiger partial charge in [-0.3, -0.25) is 4.98 Å². The number of hydrogen-bond acceptors (Lipinski definition) is 3. The average molecular weight is 271 g/mol. The summed E-state index contributed by atoms with van der Waals surface area (Å²) in [5.41, 5.74) is 2.69. The zero-order valence-corrected chi connectivity index (χ0v) is 10.9. The standard InChI is InChI=1S/C17H9N3O/c1-19-14-6-7-15(20-11-14)17-9-8-16(21-17)13-4-2-12(10-18)3-5-13/h2-9,11H. The minimum atomic E-state index is 0.498. The fourth-order valence-electron chi connectivity index (χ4n) is 1.94. The Bertz CT molecular complexity index is 775. The van der Waals surface area contributed by atoms with E-state index in [1.807, 2.05) is 24.3 Å². The first kappa shape index (κ1) is 12.7. The fourth-order valence-corrected chi connectivity index (χ4v) is 1.94. The molecule has 98 valence electrons. The average Bonchev–Trinajstić information content (AvgIpc) is 3.05. The van der Waals surface area contributed by atoms with Crippen molar-refractivity contribution in [3.8, 4) is 28.8 Å². The molecule has 0 aliphatic rings. The van der Waals surface area contributed by atoms with Gasteiger partial charge >= 0.3 is 0 Å². The molecule has 0 fully saturated rings. The lowest BCUT2D eigenvalue weighted by atomic mass is 10.1. The topological polar surface area (TPSA) is 54.2 Å². The Morgan fingerprint density at radius 1 is 1.00 bits per heavy atom. The lowest BCUT2D eigenvalue weighted by Gasteiger charge is -1.98. The summed E-state index contributed by atoms with van der Waals surface area (Å²) in [6, 6.07) is 16.4. The molecule has 4 nitrogen and oxygen atoms in total. The molecule has 0 unspecified atom stereocenters. The van der Waals surface area contributed by atoms with Gasteiger partial charge in [0.15, 0.2) is 5.76 Å². The van der Waals surface area contributed by atoms with Gasteiger partial charge in [0.2, 0.25) is 5.69 Å². The molecule has 3 aromatic rings. The van der Waals surface area contributed by atoms with Gasteiger partial charge < -0.3 is 4.42 Å². The summed E-state index contributed by atoms with van der Waals surface area (Å²) in [5.74, 6) is 1.36. The molecule has 21 heavy (non-hydrogen) atoms. The number of rotatable bonds is 2. The molecule has 0 saturated carbocycles. The van der Waals surface area contributed by atoms with Gasteiger partial charge in [0, 0.05) is 11.8 Å². The van der Waals surface area contributed by atoms with Gasteiger partial charge in [-0.1, -0.05) is 6.07 Å². The summed E-state index contributed by atoms with van der Waals surface area (Å²) >= 11 is 0. The van der Waals surface area contributed by atoms with Gasteiger partial charge in [-0.05, 0) is 42.5 Å². The van der Waals surface area contributed by atoms with Crippen LogP contribution in [0.1, 0.15) is 5.56 Å². The third-order valence-corrected chi connectivity index (χ3v) is 3.03. The van der Waals surface area contributed by atoms with E-state index in [1.54, 1.807) is 24.3 Å². The highest BCUT2D eigenvalue weighted by molar-refractivity contribution is 5.64. The zero-order valence-electron chi connectivity index (χ0n) is 10.9. The molecule has 2 aromatic heterocycles. The van der Waals surface area contributed by atoms with Crippen LogP contribution in [0.15, 0.2) is 59.1 Å². The summed E-state index contributed by atoms with van der Waals surface area (Å²) in [5, 5.41) is 8.79. The van der Waals surface area contributed by atoms with E-state index in [0.29, 0.717) is 28.5 Å². The number of aromatic nitrogens is 1. The summed E-state index contributed by atoms with van der Waals surface area (Å²) < 4.78 is 5.78. The van der Waals surface area contributed by atoms with Gasteiger partial charge in [-0.25, -0.2) is 4.85 Å². The van der Waals surface area contributed by atoms with Crippen LogP contribution in [-0.2, 0) is 0 Å². The van der Waals surface area contributed by atoms with Crippen LogP contribution in [0.5, 0.6) is 0 Å². The molecule has 1 aromatic carbocycles. The monoisotopic (exact) mass is 271 g/mol. The third kappa shape index (κ3) is 2.51. The predicted octanol–water partition coefficient (Wildman–Crippen LogP) is 4.43. The molecule has 4 heteroatoms. The minimum Gasteiger partial charge on any atom is -0.454 e.